The van der Waals surface area contributed by atoms with Gasteiger partial charge in [-0.1, -0.05) is 23.2 Å². The molecule has 0 aliphatic carbocycles. The smallest absolute Gasteiger partial charge is 0.302 e. The zero-order valence-corrected chi connectivity index (χ0v) is 16.5. The number of nitrogens with one attached hydrogen (secondary N) is 3. The molecule has 1 amide bonds. The van der Waals surface area contributed by atoms with Crippen molar-refractivity contribution in [3.05, 3.63) is 27.4 Å². The van der Waals surface area contributed by atoms with Gasteiger partial charge >= 0.3 is 10.2 Å². The maximum absolute atomic E-state index is 12.6. The van der Waals surface area contributed by atoms with E-state index in [1.807, 2.05) is 0 Å². The summed E-state index contributed by atoms with van der Waals surface area (Å²) in [5.41, 5.74) is 1.55. The zero-order chi connectivity index (χ0) is 19.1. The molecular weight excluding hydrogens is 403 g/mol. The number of amides is 1. The Morgan fingerprint density at radius 3 is 2.81 bits per heavy atom. The molecule has 8 nitrogen and oxygen atoms in total. The molecular formula is C15H18Cl2N4O4S. The number of aromatic nitrogens is 1. The van der Waals surface area contributed by atoms with E-state index in [2.05, 4.69) is 15.0 Å². The van der Waals surface area contributed by atoms with Crippen molar-refractivity contribution in [1.29, 1.82) is 0 Å². The van der Waals surface area contributed by atoms with Crippen LogP contribution in [0.3, 0.4) is 0 Å². The lowest BCUT2D eigenvalue weighted by atomic mass is 10.1. The van der Waals surface area contributed by atoms with Crippen molar-refractivity contribution in [2.75, 3.05) is 32.0 Å². The maximum Gasteiger partial charge on any atom is 0.302 e. The summed E-state index contributed by atoms with van der Waals surface area (Å²) in [6.45, 7) is 0.934. The number of nitrogens with zero attached hydrogens (tertiary/aromatic N) is 1. The number of H-pyrrole nitrogens is 1. The van der Waals surface area contributed by atoms with Crippen molar-refractivity contribution in [3.8, 4) is 0 Å². The standard InChI is InChI=1S/C15H18Cl2N4O4S/c1-18-15(22)14-11(17)10-9(16)6-8-7-21(4-3-5-25-2)26(23,24)20-12(8)13(10)19-14/h6,19-20H,3-5,7H2,1-2H3,(H,18,22). The van der Waals surface area contributed by atoms with E-state index >= 15 is 0 Å². The number of halogens is 2. The van der Waals surface area contributed by atoms with Gasteiger partial charge in [0, 0.05) is 39.2 Å². The maximum atomic E-state index is 12.6. The van der Waals surface area contributed by atoms with Crippen molar-refractivity contribution in [2.45, 2.75) is 13.0 Å². The fourth-order valence-electron chi connectivity index (χ4n) is 2.92. The number of ether oxygens (including phenoxy) is 1. The van der Waals surface area contributed by atoms with Crippen LogP contribution >= 0.6 is 23.2 Å². The average Bonchev–Trinajstić information content (AvgIpc) is 2.94. The monoisotopic (exact) mass is 420 g/mol. The number of carbonyl (C=O) groups is 1. The fraction of sp³-hybridized carbons (Fsp3) is 0.400. The van der Waals surface area contributed by atoms with Crippen molar-refractivity contribution in [3.63, 3.8) is 0 Å². The topological polar surface area (TPSA) is 104 Å². The van der Waals surface area contributed by atoms with E-state index in [-0.39, 0.29) is 17.3 Å². The first kappa shape index (κ1) is 19.2. The molecule has 0 saturated heterocycles. The summed E-state index contributed by atoms with van der Waals surface area (Å²) < 4.78 is 34.0. The van der Waals surface area contributed by atoms with E-state index in [1.54, 1.807) is 13.2 Å². The van der Waals surface area contributed by atoms with E-state index in [9.17, 15) is 13.2 Å². The van der Waals surface area contributed by atoms with Crippen LogP contribution in [0.4, 0.5) is 5.69 Å². The number of rotatable bonds is 5. The number of methoxy groups -OCH3 is 1. The third-order valence-electron chi connectivity index (χ3n) is 4.18. The molecule has 0 saturated carbocycles. The van der Waals surface area contributed by atoms with E-state index < -0.39 is 16.1 Å². The van der Waals surface area contributed by atoms with Crippen molar-refractivity contribution in [2.24, 2.45) is 0 Å². The summed E-state index contributed by atoms with van der Waals surface area (Å²) in [5.74, 6) is -0.420. The highest BCUT2D eigenvalue weighted by Gasteiger charge is 2.32. The summed E-state index contributed by atoms with van der Waals surface area (Å²) in [7, 11) is -0.693. The van der Waals surface area contributed by atoms with Gasteiger partial charge < -0.3 is 15.0 Å². The highest BCUT2D eigenvalue weighted by atomic mass is 35.5. The second-order valence-electron chi connectivity index (χ2n) is 5.82. The van der Waals surface area contributed by atoms with Gasteiger partial charge in [-0.15, -0.1) is 0 Å². The summed E-state index contributed by atoms with van der Waals surface area (Å²) in [6, 6.07) is 1.66. The van der Waals surface area contributed by atoms with Gasteiger partial charge in [0.25, 0.3) is 5.91 Å². The third-order valence-corrected chi connectivity index (χ3v) is 6.31. The Balaban J connectivity index is 2.10. The molecule has 1 aliphatic heterocycles. The molecule has 0 fully saturated rings. The van der Waals surface area contributed by atoms with Crippen LogP contribution in [0, 0.1) is 0 Å². The zero-order valence-electron chi connectivity index (χ0n) is 14.2. The first-order valence-corrected chi connectivity index (χ1v) is 10.0. The first-order chi connectivity index (χ1) is 12.3. The lowest BCUT2D eigenvalue weighted by Gasteiger charge is -2.29. The Hall–Kier alpha value is -1.52. The lowest BCUT2D eigenvalue weighted by Crippen LogP contribution is -2.40. The van der Waals surface area contributed by atoms with Crippen LogP contribution in [-0.4, -0.2) is 50.9 Å². The predicted octanol–water partition coefficient (Wildman–Crippen LogP) is 2.34. The largest absolute Gasteiger partial charge is 0.385 e. The minimum atomic E-state index is -3.73. The van der Waals surface area contributed by atoms with Crippen LogP contribution in [0.1, 0.15) is 22.5 Å². The Bertz CT molecular complexity index is 974. The molecule has 3 rings (SSSR count). The molecule has 11 heteroatoms. The average molecular weight is 421 g/mol. The molecule has 0 unspecified atom stereocenters. The number of aromatic amines is 1. The molecule has 0 atom stereocenters. The van der Waals surface area contributed by atoms with Crippen LogP contribution in [0.5, 0.6) is 0 Å². The van der Waals surface area contributed by atoms with Gasteiger partial charge in [0.2, 0.25) is 0 Å². The summed E-state index contributed by atoms with van der Waals surface area (Å²) >= 11 is 12.6. The van der Waals surface area contributed by atoms with Crippen LogP contribution in [0.25, 0.3) is 10.9 Å². The van der Waals surface area contributed by atoms with Crippen LogP contribution in [0.15, 0.2) is 6.07 Å². The van der Waals surface area contributed by atoms with Gasteiger partial charge in [-0.3, -0.25) is 9.52 Å². The van der Waals surface area contributed by atoms with E-state index in [0.29, 0.717) is 46.7 Å². The van der Waals surface area contributed by atoms with Gasteiger partial charge in [-0.25, -0.2) is 0 Å². The molecule has 1 aliphatic rings. The van der Waals surface area contributed by atoms with Crippen molar-refractivity contribution in [1.82, 2.24) is 14.6 Å². The van der Waals surface area contributed by atoms with Gasteiger partial charge in [0.1, 0.15) is 5.69 Å². The molecule has 1 aromatic carbocycles. The van der Waals surface area contributed by atoms with Crippen LogP contribution < -0.4 is 10.0 Å². The van der Waals surface area contributed by atoms with Gasteiger partial charge in [0.05, 0.1) is 21.2 Å². The Labute approximate surface area is 161 Å². The van der Waals surface area contributed by atoms with Gasteiger partial charge in [-0.2, -0.15) is 12.7 Å². The number of benzene rings is 1. The Morgan fingerprint density at radius 1 is 1.42 bits per heavy atom. The lowest BCUT2D eigenvalue weighted by molar-refractivity contribution is 0.0959. The minimum absolute atomic E-state index is 0.126. The molecule has 0 spiro atoms. The number of hydrogen-bond donors (Lipinski definition) is 3. The number of carbonyl (C=O) groups excluding carboxylic acids is 1. The molecule has 2 aromatic rings. The molecule has 142 valence electrons. The molecule has 2 heterocycles. The highest BCUT2D eigenvalue weighted by Crippen LogP contribution is 2.42. The second kappa shape index (κ2) is 7.24. The van der Waals surface area contributed by atoms with Crippen molar-refractivity contribution >= 4 is 55.9 Å². The SMILES string of the molecule is CNC(=O)c1[nH]c2c3c(cc(Cl)c2c1Cl)CN(CCCOC)S(=O)(=O)N3. The third kappa shape index (κ3) is 3.25. The summed E-state index contributed by atoms with van der Waals surface area (Å²) in [5, 5.41) is 3.37. The second-order valence-corrected chi connectivity index (χ2v) is 8.28. The fourth-order valence-corrected chi connectivity index (χ4v) is 4.92. The molecule has 0 bridgehead atoms. The van der Waals surface area contributed by atoms with Gasteiger partial charge in [-0.05, 0) is 18.1 Å². The number of anilines is 1. The Kier molecular flexibility index (Phi) is 5.36. The van der Waals surface area contributed by atoms with E-state index in [1.165, 1.54) is 11.4 Å². The molecule has 3 N–H and O–H groups in total. The highest BCUT2D eigenvalue weighted by molar-refractivity contribution is 7.90. The van der Waals surface area contributed by atoms with Crippen LogP contribution in [0.2, 0.25) is 10.0 Å². The van der Waals surface area contributed by atoms with E-state index in [0.717, 1.165) is 0 Å². The quantitative estimate of drug-likeness (QED) is 0.645. The van der Waals surface area contributed by atoms with E-state index in [4.69, 9.17) is 27.9 Å². The van der Waals surface area contributed by atoms with Crippen LogP contribution in [-0.2, 0) is 21.5 Å². The summed E-state index contributed by atoms with van der Waals surface area (Å²) in [4.78, 5) is 14.9. The molecule has 0 radical (unpaired) electrons. The number of fused-ring (bicyclic) bond motifs is 3. The molecule has 1 aromatic heterocycles. The summed E-state index contributed by atoms with van der Waals surface area (Å²) in [6.07, 6.45) is 0.567. The molecule has 26 heavy (non-hydrogen) atoms. The normalized spacial score (nSPS) is 16.3. The number of hydrogen-bond acceptors (Lipinski definition) is 4. The predicted molar refractivity (Wildman–Crippen MR) is 101 cm³/mol. The first-order valence-electron chi connectivity index (χ1n) is 7.81. The Morgan fingerprint density at radius 2 is 2.15 bits per heavy atom. The van der Waals surface area contributed by atoms with Gasteiger partial charge in [0.15, 0.2) is 0 Å². The van der Waals surface area contributed by atoms with Crippen molar-refractivity contribution < 1.29 is 17.9 Å². The minimum Gasteiger partial charge on any atom is -0.385 e.